The lowest BCUT2D eigenvalue weighted by Gasteiger charge is -2.33. The van der Waals surface area contributed by atoms with E-state index in [4.69, 9.17) is 14.6 Å². The fraction of sp³-hybridized carbons (Fsp3) is 0.526. The topological polar surface area (TPSA) is 105 Å². The van der Waals surface area contributed by atoms with E-state index < -0.39 is 29.7 Å². The zero-order valence-electron chi connectivity index (χ0n) is 15.6. The van der Waals surface area contributed by atoms with E-state index in [1.165, 1.54) is 4.90 Å². The fourth-order valence-electron chi connectivity index (χ4n) is 2.71. The number of benzene rings is 1. The Balaban J connectivity index is 1.71. The van der Waals surface area contributed by atoms with Gasteiger partial charge in [0, 0.05) is 13.1 Å². The van der Waals surface area contributed by atoms with Crippen LogP contribution in [-0.4, -0.2) is 53.4 Å². The lowest BCUT2D eigenvalue weighted by Crippen LogP contribution is -2.47. The molecule has 0 aliphatic carbocycles. The van der Waals surface area contributed by atoms with Crippen molar-refractivity contribution in [3.63, 3.8) is 0 Å². The first-order chi connectivity index (χ1) is 12.8. The van der Waals surface area contributed by atoms with Gasteiger partial charge < -0.3 is 24.8 Å². The van der Waals surface area contributed by atoms with Gasteiger partial charge in [0.1, 0.15) is 12.2 Å². The molecule has 0 radical (unpaired) electrons. The standard InChI is InChI=1S/C19H26N2O6/c1-19(2,13-20-17(24)26-12-14-6-4-3-5-7-14)27-18(25)21-10-8-15(9-11-21)16(22)23/h3-7,15H,8-13H2,1-2H3,(H,20,24)(H,22,23). The van der Waals surface area contributed by atoms with E-state index in [0.29, 0.717) is 25.9 Å². The lowest BCUT2D eigenvalue weighted by atomic mass is 9.97. The third kappa shape index (κ3) is 6.80. The predicted octanol–water partition coefficient (Wildman–Crippen LogP) is 2.62. The summed E-state index contributed by atoms with van der Waals surface area (Å²) < 4.78 is 10.6. The Bertz CT molecular complexity index is 653. The normalized spacial score (nSPS) is 15.1. The number of hydrogen-bond donors (Lipinski definition) is 2. The summed E-state index contributed by atoms with van der Waals surface area (Å²) in [4.78, 5) is 36.5. The van der Waals surface area contributed by atoms with Crippen molar-refractivity contribution in [1.29, 1.82) is 0 Å². The number of alkyl carbamates (subject to hydrolysis) is 1. The first-order valence-electron chi connectivity index (χ1n) is 8.92. The zero-order chi connectivity index (χ0) is 19.9. The van der Waals surface area contributed by atoms with Gasteiger partial charge in [0.2, 0.25) is 0 Å². The fourth-order valence-corrected chi connectivity index (χ4v) is 2.71. The SMILES string of the molecule is CC(C)(CNC(=O)OCc1ccccc1)OC(=O)N1CCC(C(=O)O)CC1. The number of likely N-dealkylation sites (tertiary alicyclic amines) is 1. The maximum atomic E-state index is 12.3. The van der Waals surface area contributed by atoms with Crippen LogP contribution in [0.2, 0.25) is 0 Å². The highest BCUT2D eigenvalue weighted by Crippen LogP contribution is 2.19. The van der Waals surface area contributed by atoms with E-state index in [9.17, 15) is 14.4 Å². The minimum Gasteiger partial charge on any atom is -0.481 e. The molecule has 8 nitrogen and oxygen atoms in total. The van der Waals surface area contributed by atoms with Gasteiger partial charge >= 0.3 is 18.2 Å². The van der Waals surface area contributed by atoms with Crippen molar-refractivity contribution in [3.8, 4) is 0 Å². The second kappa shape index (κ2) is 9.25. The first kappa shape index (κ1) is 20.5. The van der Waals surface area contributed by atoms with Gasteiger partial charge in [0.25, 0.3) is 0 Å². The number of carbonyl (C=O) groups excluding carboxylic acids is 2. The van der Waals surface area contributed by atoms with Crippen LogP contribution in [0.25, 0.3) is 0 Å². The third-order valence-electron chi connectivity index (χ3n) is 4.34. The van der Waals surface area contributed by atoms with E-state index in [1.54, 1.807) is 13.8 Å². The van der Waals surface area contributed by atoms with Crippen LogP contribution in [0.1, 0.15) is 32.3 Å². The zero-order valence-corrected chi connectivity index (χ0v) is 15.6. The van der Waals surface area contributed by atoms with Crippen LogP contribution in [0.5, 0.6) is 0 Å². The summed E-state index contributed by atoms with van der Waals surface area (Å²) in [6, 6.07) is 9.31. The van der Waals surface area contributed by atoms with Gasteiger partial charge in [-0.15, -0.1) is 0 Å². The van der Waals surface area contributed by atoms with Crippen molar-refractivity contribution < 1.29 is 29.0 Å². The maximum Gasteiger partial charge on any atom is 0.410 e. The molecular weight excluding hydrogens is 352 g/mol. The largest absolute Gasteiger partial charge is 0.481 e. The molecule has 2 rings (SSSR count). The second-order valence-electron chi connectivity index (χ2n) is 7.14. The monoisotopic (exact) mass is 378 g/mol. The second-order valence-corrected chi connectivity index (χ2v) is 7.14. The molecule has 0 atom stereocenters. The molecule has 0 unspecified atom stereocenters. The molecule has 1 aliphatic rings. The van der Waals surface area contributed by atoms with Gasteiger partial charge in [-0.1, -0.05) is 30.3 Å². The summed E-state index contributed by atoms with van der Waals surface area (Å²) in [5, 5.41) is 11.6. The molecule has 0 saturated carbocycles. The minimum atomic E-state index is -0.924. The number of ether oxygens (including phenoxy) is 2. The van der Waals surface area contributed by atoms with Crippen LogP contribution in [0.3, 0.4) is 0 Å². The van der Waals surface area contributed by atoms with Crippen molar-refractivity contribution in [2.75, 3.05) is 19.6 Å². The molecule has 1 fully saturated rings. The van der Waals surface area contributed by atoms with Crippen LogP contribution < -0.4 is 5.32 Å². The summed E-state index contributed by atoms with van der Waals surface area (Å²) in [7, 11) is 0. The molecule has 1 aromatic rings. The molecule has 8 heteroatoms. The quantitative estimate of drug-likeness (QED) is 0.788. The maximum absolute atomic E-state index is 12.3. The molecule has 1 saturated heterocycles. The highest BCUT2D eigenvalue weighted by molar-refractivity contribution is 5.72. The molecule has 1 aliphatic heterocycles. The van der Waals surface area contributed by atoms with Gasteiger partial charge in [-0.25, -0.2) is 9.59 Å². The van der Waals surface area contributed by atoms with E-state index in [-0.39, 0.29) is 13.2 Å². The average molecular weight is 378 g/mol. The van der Waals surface area contributed by atoms with E-state index >= 15 is 0 Å². The number of carboxylic acids is 1. The van der Waals surface area contributed by atoms with Crippen LogP contribution in [0, 0.1) is 5.92 Å². The van der Waals surface area contributed by atoms with Gasteiger partial charge in [0.15, 0.2) is 0 Å². The van der Waals surface area contributed by atoms with Crippen molar-refractivity contribution in [1.82, 2.24) is 10.2 Å². The number of hydrogen-bond acceptors (Lipinski definition) is 5. The molecule has 27 heavy (non-hydrogen) atoms. The molecule has 1 aromatic carbocycles. The van der Waals surface area contributed by atoms with Crippen molar-refractivity contribution in [3.05, 3.63) is 35.9 Å². The number of nitrogens with zero attached hydrogens (tertiary/aromatic N) is 1. The summed E-state index contributed by atoms with van der Waals surface area (Å²) in [6.45, 7) is 4.32. The Hall–Kier alpha value is -2.77. The minimum absolute atomic E-state index is 0.0952. The third-order valence-corrected chi connectivity index (χ3v) is 4.34. The summed E-state index contributed by atoms with van der Waals surface area (Å²) in [5.74, 6) is -1.25. The van der Waals surface area contributed by atoms with E-state index in [0.717, 1.165) is 5.56 Å². The molecule has 0 bridgehead atoms. The number of piperidine rings is 1. The van der Waals surface area contributed by atoms with Crippen molar-refractivity contribution in [2.45, 2.75) is 38.9 Å². The molecule has 2 amide bonds. The Kier molecular flexibility index (Phi) is 7.04. The van der Waals surface area contributed by atoms with Gasteiger partial charge in [-0.3, -0.25) is 4.79 Å². The summed E-state index contributed by atoms with van der Waals surface area (Å²) in [5.41, 5.74) is -0.0462. The van der Waals surface area contributed by atoms with Crippen LogP contribution in [0.4, 0.5) is 9.59 Å². The molecular formula is C19H26N2O6. The number of carbonyl (C=O) groups is 3. The number of nitrogens with one attached hydrogen (secondary N) is 1. The van der Waals surface area contributed by atoms with Crippen molar-refractivity contribution in [2.24, 2.45) is 5.92 Å². The smallest absolute Gasteiger partial charge is 0.410 e. The van der Waals surface area contributed by atoms with Crippen LogP contribution in [0.15, 0.2) is 30.3 Å². The molecule has 0 spiro atoms. The van der Waals surface area contributed by atoms with Gasteiger partial charge in [-0.2, -0.15) is 0 Å². The molecule has 1 heterocycles. The number of carboxylic acid groups (broad SMARTS) is 1. The van der Waals surface area contributed by atoms with Crippen LogP contribution >= 0.6 is 0 Å². The Morgan fingerprint density at radius 3 is 2.41 bits per heavy atom. The average Bonchev–Trinajstić information content (AvgIpc) is 2.65. The van der Waals surface area contributed by atoms with Crippen molar-refractivity contribution >= 4 is 18.2 Å². The Labute approximate surface area is 158 Å². The predicted molar refractivity (Wildman–Crippen MR) is 97.1 cm³/mol. The van der Waals surface area contributed by atoms with Gasteiger partial charge in [-0.05, 0) is 32.3 Å². The number of amides is 2. The first-order valence-corrected chi connectivity index (χ1v) is 8.92. The number of aliphatic carboxylic acids is 1. The Morgan fingerprint density at radius 1 is 1.19 bits per heavy atom. The molecule has 0 aromatic heterocycles. The van der Waals surface area contributed by atoms with E-state index in [1.807, 2.05) is 30.3 Å². The van der Waals surface area contributed by atoms with E-state index in [2.05, 4.69) is 5.32 Å². The van der Waals surface area contributed by atoms with Gasteiger partial charge in [0.05, 0.1) is 12.5 Å². The molecule has 148 valence electrons. The Morgan fingerprint density at radius 2 is 1.81 bits per heavy atom. The molecule has 2 N–H and O–H groups in total. The number of rotatable bonds is 6. The highest BCUT2D eigenvalue weighted by Gasteiger charge is 2.31. The van der Waals surface area contributed by atoms with Crippen LogP contribution in [-0.2, 0) is 20.9 Å². The lowest BCUT2D eigenvalue weighted by molar-refractivity contribution is -0.143. The summed E-state index contributed by atoms with van der Waals surface area (Å²) in [6.07, 6.45) is -0.280. The highest BCUT2D eigenvalue weighted by atomic mass is 16.6. The summed E-state index contributed by atoms with van der Waals surface area (Å²) >= 11 is 0.